The quantitative estimate of drug-likeness (QED) is 0.283. The molecule has 0 heterocycles. The zero-order valence-electron chi connectivity index (χ0n) is 8.22. The van der Waals surface area contributed by atoms with Gasteiger partial charge in [-0.1, -0.05) is 11.8 Å². The first kappa shape index (κ1) is 17.3. The predicted octanol–water partition coefficient (Wildman–Crippen LogP) is -6.96. The van der Waals surface area contributed by atoms with Gasteiger partial charge in [0.2, 0.25) is 0 Å². The average Bonchev–Trinajstić information content (AvgIpc) is 2.04. The van der Waals surface area contributed by atoms with Crippen molar-refractivity contribution in [3.63, 3.8) is 0 Å². The number of nitro groups is 1. The Balaban J connectivity index is 0. The molecule has 0 fully saturated rings. The summed E-state index contributed by atoms with van der Waals surface area (Å²) in [6, 6.07) is 2.44. The summed E-state index contributed by atoms with van der Waals surface area (Å²) in [5, 5.41) is 31.2. The van der Waals surface area contributed by atoms with Crippen LogP contribution in [0.5, 0.6) is 5.75 Å². The van der Waals surface area contributed by atoms with Gasteiger partial charge in [0.05, 0.1) is 10.9 Å². The molecule has 0 N–H and O–H groups in total. The van der Waals surface area contributed by atoms with Gasteiger partial charge in [0, 0.05) is 12.1 Å². The molecule has 1 aromatic carbocycles. The molecule has 0 amide bonds. The third-order valence-corrected chi connectivity index (χ3v) is 1.39. The smallest absolute Gasteiger partial charge is 0.872 e. The number of carboxylic acid groups (broad SMARTS) is 1. The van der Waals surface area contributed by atoms with Crippen LogP contribution in [0.15, 0.2) is 18.2 Å². The number of hydrogen-bond donors (Lipinski definition) is 0. The fourth-order valence-corrected chi connectivity index (χ4v) is 0.791. The molecule has 0 saturated carbocycles. The third-order valence-electron chi connectivity index (χ3n) is 1.39. The SMILES string of the molecule is O=C([O-])c1cc([N+](=O)[O-])ccc1[O-].[Na+].[Na+]. The minimum Gasteiger partial charge on any atom is -0.872 e. The first-order valence-electron chi connectivity index (χ1n) is 3.19. The monoisotopic (exact) mass is 227 g/mol. The van der Waals surface area contributed by atoms with E-state index in [4.69, 9.17) is 0 Å². The van der Waals surface area contributed by atoms with Gasteiger partial charge in [-0.15, -0.1) is 0 Å². The Labute approximate surface area is 129 Å². The summed E-state index contributed by atoms with van der Waals surface area (Å²) in [6.45, 7) is 0. The van der Waals surface area contributed by atoms with E-state index >= 15 is 0 Å². The van der Waals surface area contributed by atoms with E-state index in [1.165, 1.54) is 0 Å². The normalized spacial score (nSPS) is 8.27. The van der Waals surface area contributed by atoms with Crippen LogP contribution < -0.4 is 69.3 Å². The number of carbonyl (C=O) groups is 1. The first-order valence-corrected chi connectivity index (χ1v) is 3.19. The summed E-state index contributed by atoms with van der Waals surface area (Å²) in [5.74, 6) is -2.51. The van der Waals surface area contributed by atoms with Crippen molar-refractivity contribution in [2.24, 2.45) is 0 Å². The maximum absolute atomic E-state index is 10.8. The number of benzene rings is 1. The van der Waals surface area contributed by atoms with Gasteiger partial charge in [-0.2, -0.15) is 0 Å². The van der Waals surface area contributed by atoms with Crippen LogP contribution in [-0.2, 0) is 0 Å². The fraction of sp³-hybridized carbons (Fsp3) is 0. The molecule has 68 valence electrons. The molecule has 0 aliphatic heterocycles. The topological polar surface area (TPSA) is 106 Å². The summed E-state index contributed by atoms with van der Waals surface area (Å²) in [5.41, 5.74) is -1.15. The number of nitro benzene ring substituents is 1. The molecule has 0 aliphatic rings. The molecule has 1 aromatic rings. The second-order valence-electron chi connectivity index (χ2n) is 2.23. The first-order chi connectivity index (χ1) is 6.02. The molecule has 0 aliphatic carbocycles. The van der Waals surface area contributed by atoms with Crippen molar-refractivity contribution in [1.82, 2.24) is 0 Å². The zero-order valence-corrected chi connectivity index (χ0v) is 12.2. The molecule has 15 heavy (non-hydrogen) atoms. The summed E-state index contributed by atoms with van der Waals surface area (Å²) < 4.78 is 0. The largest absolute Gasteiger partial charge is 1.00 e. The van der Waals surface area contributed by atoms with Crippen LogP contribution in [0.4, 0.5) is 5.69 Å². The minimum absolute atomic E-state index is 0. The van der Waals surface area contributed by atoms with Crippen LogP contribution in [0, 0.1) is 10.1 Å². The maximum Gasteiger partial charge on any atom is 1.00 e. The van der Waals surface area contributed by atoms with Crippen LogP contribution in [-0.4, -0.2) is 10.9 Å². The minimum atomic E-state index is -1.71. The number of carbonyl (C=O) groups excluding carboxylic acids is 1. The molecule has 0 unspecified atom stereocenters. The molecule has 1 rings (SSSR count). The van der Waals surface area contributed by atoms with Crippen molar-refractivity contribution in [3.8, 4) is 5.75 Å². The third kappa shape index (κ3) is 4.50. The van der Waals surface area contributed by atoms with E-state index in [1.807, 2.05) is 0 Å². The van der Waals surface area contributed by atoms with Gasteiger partial charge in [-0.05, 0) is 5.56 Å². The fourth-order valence-electron chi connectivity index (χ4n) is 0.791. The Bertz CT molecular complexity index is 382. The molecule has 8 heteroatoms. The van der Waals surface area contributed by atoms with E-state index in [9.17, 15) is 25.1 Å². The molecule has 0 bridgehead atoms. The van der Waals surface area contributed by atoms with E-state index in [-0.39, 0.29) is 59.1 Å². The Morgan fingerprint density at radius 2 is 1.80 bits per heavy atom. The predicted molar refractivity (Wildman–Crippen MR) is 36.9 cm³/mol. The Hall–Kier alpha value is -0.110. The standard InChI is InChI=1S/C7H5NO5.2Na/c9-6-2-1-4(8(12)13)3-5(6)7(10)11;;/h1-3,9H,(H,10,11);;/q;2*+1/p-2. The maximum atomic E-state index is 10.8. The van der Waals surface area contributed by atoms with Crippen molar-refractivity contribution in [3.05, 3.63) is 33.9 Å². The molecular weight excluding hydrogens is 224 g/mol. The van der Waals surface area contributed by atoms with Crippen LogP contribution >= 0.6 is 0 Å². The van der Waals surface area contributed by atoms with Crippen molar-refractivity contribution in [2.75, 3.05) is 0 Å². The van der Waals surface area contributed by atoms with Crippen LogP contribution in [0.1, 0.15) is 10.4 Å². The zero-order chi connectivity index (χ0) is 10.0. The van der Waals surface area contributed by atoms with Gasteiger partial charge in [-0.25, -0.2) is 0 Å². The van der Waals surface area contributed by atoms with E-state index in [0.717, 1.165) is 12.1 Å². The number of hydrogen-bond acceptors (Lipinski definition) is 5. The molecule has 0 radical (unpaired) electrons. The Morgan fingerprint density at radius 3 is 2.20 bits per heavy atom. The van der Waals surface area contributed by atoms with E-state index in [0.29, 0.717) is 6.07 Å². The Kier molecular flexibility index (Phi) is 8.31. The van der Waals surface area contributed by atoms with Gasteiger partial charge in [-0.3, -0.25) is 10.1 Å². The molecular formula is C7H3NNa2O5. The average molecular weight is 227 g/mol. The molecule has 6 nitrogen and oxygen atoms in total. The van der Waals surface area contributed by atoms with E-state index in [1.54, 1.807) is 0 Å². The summed E-state index contributed by atoms with van der Waals surface area (Å²) in [6.07, 6.45) is 0. The van der Waals surface area contributed by atoms with Gasteiger partial charge in [0.15, 0.2) is 0 Å². The van der Waals surface area contributed by atoms with Gasteiger partial charge < -0.3 is 15.0 Å². The molecule has 0 saturated heterocycles. The molecule has 0 spiro atoms. The Morgan fingerprint density at radius 1 is 1.27 bits per heavy atom. The second kappa shape index (κ2) is 7.21. The van der Waals surface area contributed by atoms with Crippen molar-refractivity contribution in [2.45, 2.75) is 0 Å². The van der Waals surface area contributed by atoms with Crippen LogP contribution in [0.2, 0.25) is 0 Å². The van der Waals surface area contributed by atoms with Gasteiger partial charge in [0.25, 0.3) is 5.69 Å². The number of non-ortho nitro benzene ring substituents is 1. The van der Waals surface area contributed by atoms with E-state index in [2.05, 4.69) is 0 Å². The number of nitrogens with zero attached hydrogens (tertiary/aromatic N) is 1. The number of carboxylic acids is 1. The van der Waals surface area contributed by atoms with Gasteiger partial charge in [0.1, 0.15) is 0 Å². The van der Waals surface area contributed by atoms with Crippen molar-refractivity contribution < 1.29 is 79.0 Å². The summed E-state index contributed by atoms with van der Waals surface area (Å²) >= 11 is 0. The van der Waals surface area contributed by atoms with Crippen LogP contribution in [0.25, 0.3) is 0 Å². The van der Waals surface area contributed by atoms with Gasteiger partial charge >= 0.3 is 59.1 Å². The second-order valence-corrected chi connectivity index (χ2v) is 2.23. The summed E-state index contributed by atoms with van der Waals surface area (Å²) in [4.78, 5) is 19.7. The number of aromatic carboxylic acids is 1. The summed E-state index contributed by atoms with van der Waals surface area (Å²) in [7, 11) is 0. The molecule has 0 aromatic heterocycles. The van der Waals surface area contributed by atoms with Crippen LogP contribution in [0.3, 0.4) is 0 Å². The molecule has 0 atom stereocenters. The number of rotatable bonds is 2. The van der Waals surface area contributed by atoms with Crippen molar-refractivity contribution >= 4 is 11.7 Å². The van der Waals surface area contributed by atoms with E-state index < -0.39 is 27.9 Å². The van der Waals surface area contributed by atoms with Crippen molar-refractivity contribution in [1.29, 1.82) is 0 Å².